The van der Waals surface area contributed by atoms with Gasteiger partial charge in [-0.05, 0) is 24.3 Å². The Labute approximate surface area is 153 Å². The Kier molecular flexibility index (Phi) is 3.91. The number of fused-ring (bicyclic) bond motifs is 1. The second-order valence-electron chi connectivity index (χ2n) is 5.26. The van der Waals surface area contributed by atoms with Crippen LogP contribution in [0.25, 0.3) is 16.9 Å². The van der Waals surface area contributed by atoms with E-state index in [1.54, 1.807) is 22.8 Å². The summed E-state index contributed by atoms with van der Waals surface area (Å²) in [6, 6.07) is 14.9. The molecule has 0 amide bonds. The van der Waals surface area contributed by atoms with E-state index < -0.39 is 0 Å². The van der Waals surface area contributed by atoms with Gasteiger partial charge in [-0.2, -0.15) is 0 Å². The Morgan fingerprint density at radius 3 is 2.36 bits per heavy atom. The molecule has 0 aliphatic carbocycles. The molecule has 0 saturated carbocycles. The number of nitrogens with zero attached hydrogens (tertiary/aromatic N) is 4. The Morgan fingerprint density at radius 2 is 1.64 bits per heavy atom. The van der Waals surface area contributed by atoms with Gasteiger partial charge in [0.25, 0.3) is 0 Å². The second-order valence-corrected chi connectivity index (χ2v) is 6.08. The van der Waals surface area contributed by atoms with Gasteiger partial charge in [-0.1, -0.05) is 47.5 Å². The lowest BCUT2D eigenvalue weighted by molar-refractivity contribution is 1.07. The second kappa shape index (κ2) is 6.23. The number of nitrogen functional groups attached to an aromatic ring is 1. The molecule has 4 aromatic rings. The molecule has 0 spiro atoms. The normalized spacial score (nSPS) is 11.0. The van der Waals surface area contributed by atoms with Crippen LogP contribution in [0, 0.1) is 0 Å². The Balaban J connectivity index is 1.91. The minimum absolute atomic E-state index is 0.224. The number of nitrogens with two attached hydrogens (primary N) is 1. The number of rotatable bonds is 3. The summed E-state index contributed by atoms with van der Waals surface area (Å²) in [5.74, 6) is 0.770. The summed E-state index contributed by atoms with van der Waals surface area (Å²) in [5.41, 5.74) is 8.58. The fraction of sp³-hybridized carbons (Fsp3) is 0. The first-order valence-electron chi connectivity index (χ1n) is 7.40. The third-order valence-corrected chi connectivity index (χ3v) is 4.28. The standard InChI is InChI=1S/C17H12Cl2N6/c18-11-7-4-8-12(19)14(11)25-16-13(24-17(25)20)15(21-9-22-16)23-10-5-2-1-3-6-10/h1-9H,(H2,20,24)(H,21,22,23). The highest BCUT2D eigenvalue weighted by atomic mass is 35.5. The van der Waals surface area contributed by atoms with E-state index in [-0.39, 0.29) is 5.95 Å². The third kappa shape index (κ3) is 2.75. The van der Waals surface area contributed by atoms with Crippen molar-refractivity contribution in [2.24, 2.45) is 0 Å². The quantitative estimate of drug-likeness (QED) is 0.556. The molecule has 0 unspecified atom stereocenters. The van der Waals surface area contributed by atoms with Gasteiger partial charge >= 0.3 is 0 Å². The zero-order valence-electron chi connectivity index (χ0n) is 12.8. The molecule has 0 atom stereocenters. The summed E-state index contributed by atoms with van der Waals surface area (Å²) in [5, 5.41) is 4.13. The van der Waals surface area contributed by atoms with Crippen LogP contribution in [0.15, 0.2) is 54.9 Å². The molecule has 0 saturated heterocycles. The molecular weight excluding hydrogens is 359 g/mol. The van der Waals surface area contributed by atoms with Crippen LogP contribution < -0.4 is 11.1 Å². The van der Waals surface area contributed by atoms with Crippen LogP contribution in [0.2, 0.25) is 10.0 Å². The summed E-state index contributed by atoms with van der Waals surface area (Å²) in [6.45, 7) is 0. The molecule has 8 heteroatoms. The Bertz CT molecular complexity index is 1040. The zero-order chi connectivity index (χ0) is 17.4. The topological polar surface area (TPSA) is 81.7 Å². The molecule has 4 rings (SSSR count). The van der Waals surface area contributed by atoms with Gasteiger partial charge in [0, 0.05) is 5.69 Å². The minimum Gasteiger partial charge on any atom is -0.369 e. The molecule has 0 radical (unpaired) electrons. The lowest BCUT2D eigenvalue weighted by Crippen LogP contribution is -2.03. The molecular formula is C17H12Cl2N6. The van der Waals surface area contributed by atoms with E-state index in [0.29, 0.717) is 32.7 Å². The van der Waals surface area contributed by atoms with Crippen molar-refractivity contribution in [1.82, 2.24) is 19.5 Å². The van der Waals surface area contributed by atoms with Crippen LogP contribution in [0.4, 0.5) is 17.5 Å². The van der Waals surface area contributed by atoms with E-state index in [0.717, 1.165) is 5.69 Å². The molecule has 2 aromatic carbocycles. The van der Waals surface area contributed by atoms with E-state index >= 15 is 0 Å². The summed E-state index contributed by atoms with van der Waals surface area (Å²) >= 11 is 12.6. The summed E-state index contributed by atoms with van der Waals surface area (Å²) in [4.78, 5) is 13.0. The smallest absolute Gasteiger partial charge is 0.207 e. The van der Waals surface area contributed by atoms with Crippen molar-refractivity contribution >= 4 is 51.8 Å². The molecule has 25 heavy (non-hydrogen) atoms. The predicted octanol–water partition coefficient (Wildman–Crippen LogP) is 4.45. The molecule has 2 aromatic heterocycles. The number of benzene rings is 2. The highest BCUT2D eigenvalue weighted by Crippen LogP contribution is 2.34. The SMILES string of the molecule is Nc1nc2c(Nc3ccccc3)ncnc2n1-c1c(Cl)cccc1Cl. The first-order valence-corrected chi connectivity index (χ1v) is 8.16. The largest absolute Gasteiger partial charge is 0.369 e. The van der Waals surface area contributed by atoms with Gasteiger partial charge in [-0.25, -0.2) is 15.0 Å². The van der Waals surface area contributed by atoms with Crippen molar-refractivity contribution in [3.63, 3.8) is 0 Å². The van der Waals surface area contributed by atoms with Crippen LogP contribution in [-0.2, 0) is 0 Å². The van der Waals surface area contributed by atoms with E-state index in [1.165, 1.54) is 6.33 Å². The monoisotopic (exact) mass is 370 g/mol. The van der Waals surface area contributed by atoms with Gasteiger partial charge in [-0.3, -0.25) is 4.57 Å². The fourth-order valence-corrected chi connectivity index (χ4v) is 3.15. The molecule has 0 fully saturated rings. The van der Waals surface area contributed by atoms with Crippen molar-refractivity contribution in [1.29, 1.82) is 0 Å². The predicted molar refractivity (Wildman–Crippen MR) is 101 cm³/mol. The van der Waals surface area contributed by atoms with Crippen LogP contribution in [0.1, 0.15) is 0 Å². The average molecular weight is 371 g/mol. The van der Waals surface area contributed by atoms with Crippen LogP contribution >= 0.6 is 23.2 Å². The molecule has 6 nitrogen and oxygen atoms in total. The van der Waals surface area contributed by atoms with Crippen molar-refractivity contribution < 1.29 is 0 Å². The lowest BCUT2D eigenvalue weighted by atomic mass is 10.3. The number of para-hydroxylation sites is 2. The molecule has 124 valence electrons. The van der Waals surface area contributed by atoms with Gasteiger partial charge in [0.15, 0.2) is 17.0 Å². The van der Waals surface area contributed by atoms with Crippen LogP contribution in [0.5, 0.6) is 0 Å². The van der Waals surface area contributed by atoms with E-state index in [2.05, 4.69) is 20.3 Å². The number of halogens is 2. The number of hydrogen-bond acceptors (Lipinski definition) is 5. The molecule has 0 bridgehead atoms. The van der Waals surface area contributed by atoms with Gasteiger partial charge in [0.2, 0.25) is 5.95 Å². The van der Waals surface area contributed by atoms with Crippen molar-refractivity contribution in [3.05, 3.63) is 64.9 Å². The maximum Gasteiger partial charge on any atom is 0.207 e. The Hall–Kier alpha value is -2.83. The number of nitrogens with one attached hydrogen (secondary N) is 1. The maximum absolute atomic E-state index is 6.32. The fourth-order valence-electron chi connectivity index (χ4n) is 2.58. The molecule has 0 aliphatic heterocycles. The highest BCUT2D eigenvalue weighted by molar-refractivity contribution is 6.38. The van der Waals surface area contributed by atoms with E-state index in [1.807, 2.05) is 30.3 Å². The first kappa shape index (κ1) is 15.7. The maximum atomic E-state index is 6.32. The molecule has 2 heterocycles. The van der Waals surface area contributed by atoms with Gasteiger partial charge in [0.1, 0.15) is 6.33 Å². The van der Waals surface area contributed by atoms with Crippen molar-refractivity contribution in [3.8, 4) is 5.69 Å². The minimum atomic E-state index is 0.224. The number of hydrogen-bond donors (Lipinski definition) is 2. The summed E-state index contributed by atoms with van der Waals surface area (Å²) in [6.07, 6.45) is 1.44. The third-order valence-electron chi connectivity index (χ3n) is 3.67. The van der Waals surface area contributed by atoms with Gasteiger partial charge < -0.3 is 11.1 Å². The summed E-state index contributed by atoms with van der Waals surface area (Å²) < 4.78 is 1.62. The van der Waals surface area contributed by atoms with Crippen LogP contribution in [-0.4, -0.2) is 19.5 Å². The van der Waals surface area contributed by atoms with E-state index in [4.69, 9.17) is 28.9 Å². The summed E-state index contributed by atoms with van der Waals surface area (Å²) in [7, 11) is 0. The average Bonchev–Trinajstić information content (AvgIpc) is 2.93. The van der Waals surface area contributed by atoms with Gasteiger partial charge in [0.05, 0.1) is 15.7 Å². The number of imidazole rings is 1. The Morgan fingerprint density at radius 1 is 0.920 bits per heavy atom. The molecule has 0 aliphatic rings. The van der Waals surface area contributed by atoms with Crippen molar-refractivity contribution in [2.45, 2.75) is 0 Å². The number of anilines is 3. The van der Waals surface area contributed by atoms with Crippen molar-refractivity contribution in [2.75, 3.05) is 11.1 Å². The van der Waals surface area contributed by atoms with Gasteiger partial charge in [-0.15, -0.1) is 0 Å². The lowest BCUT2D eigenvalue weighted by Gasteiger charge is -2.10. The number of aromatic nitrogens is 4. The highest BCUT2D eigenvalue weighted by Gasteiger charge is 2.19. The van der Waals surface area contributed by atoms with E-state index in [9.17, 15) is 0 Å². The van der Waals surface area contributed by atoms with Crippen LogP contribution in [0.3, 0.4) is 0 Å². The first-order chi connectivity index (χ1) is 12.1. The zero-order valence-corrected chi connectivity index (χ0v) is 14.3. The molecule has 3 N–H and O–H groups in total.